The fourth-order valence-electron chi connectivity index (χ4n) is 2.75. The van der Waals surface area contributed by atoms with Gasteiger partial charge in [-0.25, -0.2) is 4.68 Å². The normalized spacial score (nSPS) is 16.2. The summed E-state index contributed by atoms with van der Waals surface area (Å²) < 4.78 is 7.23. The van der Waals surface area contributed by atoms with Gasteiger partial charge >= 0.3 is 0 Å². The standard InChI is InChI=1S/C17H22N4O2/c1-13(17(22)18-14-7-5-6-8-14)21-11-15(19-20-21)12-23-16-9-3-2-4-10-16/h2-4,9-11,13-14H,5-8,12H2,1H3,(H,18,22). The highest BCUT2D eigenvalue weighted by atomic mass is 16.5. The maximum Gasteiger partial charge on any atom is 0.244 e. The number of hydrogen-bond acceptors (Lipinski definition) is 4. The van der Waals surface area contributed by atoms with Crippen molar-refractivity contribution in [1.82, 2.24) is 20.3 Å². The van der Waals surface area contributed by atoms with E-state index in [0.717, 1.165) is 18.6 Å². The van der Waals surface area contributed by atoms with Crippen LogP contribution in [-0.4, -0.2) is 26.9 Å². The highest BCUT2D eigenvalue weighted by molar-refractivity contribution is 5.80. The molecule has 1 amide bonds. The van der Waals surface area contributed by atoms with Gasteiger partial charge in [0.2, 0.25) is 5.91 Å². The van der Waals surface area contributed by atoms with Gasteiger partial charge in [-0.1, -0.05) is 36.3 Å². The summed E-state index contributed by atoms with van der Waals surface area (Å²) in [7, 11) is 0. The van der Waals surface area contributed by atoms with Crippen molar-refractivity contribution < 1.29 is 9.53 Å². The lowest BCUT2D eigenvalue weighted by atomic mass is 10.2. The Kier molecular flexibility index (Phi) is 4.90. The molecule has 0 radical (unpaired) electrons. The average molecular weight is 314 g/mol. The first-order valence-electron chi connectivity index (χ1n) is 8.11. The van der Waals surface area contributed by atoms with Crippen LogP contribution in [0.15, 0.2) is 36.5 Å². The third kappa shape index (κ3) is 4.09. The summed E-state index contributed by atoms with van der Waals surface area (Å²) >= 11 is 0. The van der Waals surface area contributed by atoms with Crippen LogP contribution in [0.2, 0.25) is 0 Å². The van der Waals surface area contributed by atoms with Crippen LogP contribution < -0.4 is 10.1 Å². The van der Waals surface area contributed by atoms with E-state index in [1.54, 1.807) is 10.9 Å². The number of rotatable bonds is 6. The minimum atomic E-state index is -0.367. The predicted octanol–water partition coefficient (Wildman–Crippen LogP) is 2.48. The second kappa shape index (κ2) is 7.26. The first-order chi connectivity index (χ1) is 11.2. The van der Waals surface area contributed by atoms with Crippen LogP contribution in [0.3, 0.4) is 0 Å². The van der Waals surface area contributed by atoms with Crippen LogP contribution in [0.25, 0.3) is 0 Å². The molecule has 2 aromatic rings. The monoisotopic (exact) mass is 314 g/mol. The molecule has 23 heavy (non-hydrogen) atoms. The summed E-state index contributed by atoms with van der Waals surface area (Å²) in [4.78, 5) is 12.3. The van der Waals surface area contributed by atoms with Crippen molar-refractivity contribution in [2.24, 2.45) is 0 Å². The molecule has 0 aliphatic heterocycles. The van der Waals surface area contributed by atoms with Gasteiger partial charge in [0.25, 0.3) is 0 Å². The van der Waals surface area contributed by atoms with E-state index in [4.69, 9.17) is 4.74 Å². The van der Waals surface area contributed by atoms with Gasteiger partial charge in [0.05, 0.1) is 6.20 Å². The lowest BCUT2D eigenvalue weighted by molar-refractivity contribution is -0.124. The molecule has 1 aliphatic carbocycles. The van der Waals surface area contributed by atoms with Crippen LogP contribution in [0.5, 0.6) is 5.75 Å². The molecule has 1 fully saturated rings. The molecular formula is C17H22N4O2. The Morgan fingerprint density at radius 1 is 1.35 bits per heavy atom. The van der Waals surface area contributed by atoms with Crippen LogP contribution in [0.1, 0.15) is 44.3 Å². The number of hydrogen-bond donors (Lipinski definition) is 1. The third-order valence-electron chi connectivity index (χ3n) is 4.17. The largest absolute Gasteiger partial charge is 0.487 e. The molecule has 1 aromatic carbocycles. The zero-order chi connectivity index (χ0) is 16.1. The van der Waals surface area contributed by atoms with Gasteiger partial charge in [-0.2, -0.15) is 0 Å². The van der Waals surface area contributed by atoms with Gasteiger partial charge in [-0.05, 0) is 31.9 Å². The van der Waals surface area contributed by atoms with Crippen LogP contribution >= 0.6 is 0 Å². The van der Waals surface area contributed by atoms with E-state index in [1.165, 1.54) is 12.8 Å². The van der Waals surface area contributed by atoms with Crippen LogP contribution in [0, 0.1) is 0 Å². The third-order valence-corrected chi connectivity index (χ3v) is 4.17. The molecule has 6 heteroatoms. The highest BCUT2D eigenvalue weighted by Crippen LogP contribution is 2.18. The highest BCUT2D eigenvalue weighted by Gasteiger charge is 2.22. The number of para-hydroxylation sites is 1. The van der Waals surface area contributed by atoms with Gasteiger partial charge in [0, 0.05) is 6.04 Å². The number of nitrogens with zero attached hydrogens (tertiary/aromatic N) is 3. The number of carbonyl (C=O) groups is 1. The van der Waals surface area contributed by atoms with Crippen molar-refractivity contribution in [3.8, 4) is 5.75 Å². The topological polar surface area (TPSA) is 69.0 Å². The Morgan fingerprint density at radius 2 is 2.09 bits per heavy atom. The summed E-state index contributed by atoms with van der Waals surface area (Å²) in [5.41, 5.74) is 0.703. The number of ether oxygens (including phenoxy) is 1. The minimum absolute atomic E-state index is 0.00247. The van der Waals surface area contributed by atoms with E-state index >= 15 is 0 Å². The predicted molar refractivity (Wildman–Crippen MR) is 85.9 cm³/mol. The first kappa shape index (κ1) is 15.5. The maximum absolute atomic E-state index is 12.3. The first-order valence-corrected chi connectivity index (χ1v) is 8.11. The van der Waals surface area contributed by atoms with Crippen molar-refractivity contribution in [2.75, 3.05) is 0 Å². The van der Waals surface area contributed by atoms with Crippen LogP contribution in [0.4, 0.5) is 0 Å². The fourth-order valence-corrected chi connectivity index (χ4v) is 2.75. The summed E-state index contributed by atoms with van der Waals surface area (Å²) in [6, 6.07) is 9.50. The van der Waals surface area contributed by atoms with Gasteiger partial charge in [-0.3, -0.25) is 4.79 Å². The Balaban J connectivity index is 1.54. The number of amides is 1. The molecule has 1 heterocycles. The van der Waals surface area contributed by atoms with E-state index in [9.17, 15) is 4.79 Å². The molecule has 1 saturated carbocycles. The maximum atomic E-state index is 12.3. The van der Waals surface area contributed by atoms with Crippen molar-refractivity contribution >= 4 is 5.91 Å². The summed E-state index contributed by atoms with van der Waals surface area (Å²) in [5.74, 6) is 0.784. The van der Waals surface area contributed by atoms with Crippen molar-refractivity contribution in [3.63, 3.8) is 0 Å². The van der Waals surface area contributed by atoms with Crippen LogP contribution in [-0.2, 0) is 11.4 Å². The average Bonchev–Trinajstić information content (AvgIpc) is 3.25. The van der Waals surface area contributed by atoms with Gasteiger partial charge in [0.1, 0.15) is 24.1 Å². The number of benzene rings is 1. The lowest BCUT2D eigenvalue weighted by Gasteiger charge is -2.16. The van der Waals surface area contributed by atoms with Crippen molar-refractivity contribution in [1.29, 1.82) is 0 Å². The molecule has 0 spiro atoms. The van der Waals surface area contributed by atoms with E-state index in [2.05, 4.69) is 15.6 Å². The molecule has 3 rings (SSSR count). The lowest BCUT2D eigenvalue weighted by Crippen LogP contribution is -2.37. The van der Waals surface area contributed by atoms with Gasteiger partial charge in [-0.15, -0.1) is 5.10 Å². The molecule has 1 atom stereocenters. The van der Waals surface area contributed by atoms with Gasteiger partial charge in [0.15, 0.2) is 0 Å². The molecule has 0 saturated heterocycles. The molecule has 1 N–H and O–H groups in total. The second-order valence-electron chi connectivity index (χ2n) is 5.96. The number of nitrogens with one attached hydrogen (secondary N) is 1. The van der Waals surface area contributed by atoms with E-state index < -0.39 is 0 Å². The van der Waals surface area contributed by atoms with Crippen molar-refractivity contribution in [2.45, 2.75) is 51.3 Å². The molecule has 1 unspecified atom stereocenters. The number of carbonyl (C=O) groups excluding carboxylic acids is 1. The van der Waals surface area contributed by atoms with Gasteiger partial charge < -0.3 is 10.1 Å². The quantitative estimate of drug-likeness (QED) is 0.889. The molecular weight excluding hydrogens is 292 g/mol. The smallest absolute Gasteiger partial charge is 0.244 e. The zero-order valence-electron chi connectivity index (χ0n) is 13.3. The SMILES string of the molecule is CC(C(=O)NC1CCCC1)n1cc(COc2ccccc2)nn1. The molecule has 0 bridgehead atoms. The Bertz CT molecular complexity index is 635. The Hall–Kier alpha value is -2.37. The molecule has 122 valence electrons. The summed E-state index contributed by atoms with van der Waals surface area (Å²) in [6.45, 7) is 2.17. The summed E-state index contributed by atoms with van der Waals surface area (Å²) in [5, 5.41) is 11.2. The van der Waals surface area contributed by atoms with E-state index in [-0.39, 0.29) is 11.9 Å². The minimum Gasteiger partial charge on any atom is -0.487 e. The van der Waals surface area contributed by atoms with E-state index in [1.807, 2.05) is 37.3 Å². The molecule has 1 aliphatic rings. The van der Waals surface area contributed by atoms with Crippen molar-refractivity contribution in [3.05, 3.63) is 42.2 Å². The molecule has 6 nitrogen and oxygen atoms in total. The molecule has 1 aromatic heterocycles. The summed E-state index contributed by atoms with van der Waals surface area (Å²) in [6.07, 6.45) is 6.31. The Labute approximate surface area is 135 Å². The van der Waals surface area contributed by atoms with E-state index in [0.29, 0.717) is 18.3 Å². The second-order valence-corrected chi connectivity index (χ2v) is 5.96. The number of aromatic nitrogens is 3. The fraction of sp³-hybridized carbons (Fsp3) is 0.471. The zero-order valence-corrected chi connectivity index (χ0v) is 13.3. The Morgan fingerprint density at radius 3 is 2.83 bits per heavy atom.